The molecule has 0 unspecified atom stereocenters. The molecule has 0 heterocycles. The van der Waals surface area contributed by atoms with Crippen LogP contribution >= 0.6 is 0 Å². The van der Waals surface area contributed by atoms with E-state index in [4.69, 9.17) is 4.74 Å². The van der Waals surface area contributed by atoms with E-state index >= 15 is 0 Å². The second kappa shape index (κ2) is 7.25. The first-order valence-corrected chi connectivity index (χ1v) is 6.02. The molecule has 0 atom stereocenters. The van der Waals surface area contributed by atoms with Crippen molar-refractivity contribution in [3.8, 4) is 0 Å². The first kappa shape index (κ1) is 16.5. The Morgan fingerprint density at radius 1 is 1.35 bits per heavy atom. The molecule has 1 rings (SSSR count). The van der Waals surface area contributed by atoms with Crippen LogP contribution in [-0.2, 0) is 15.7 Å². The molecule has 0 bridgehead atoms. The lowest BCUT2D eigenvalue weighted by Crippen LogP contribution is -2.30. The number of hydrogen-bond acceptors (Lipinski definition) is 3. The van der Waals surface area contributed by atoms with E-state index in [1.165, 1.54) is 26.2 Å². The van der Waals surface area contributed by atoms with Crippen LogP contribution in [0.4, 0.5) is 18.9 Å². The Labute approximate surface area is 115 Å². The highest BCUT2D eigenvalue weighted by Gasteiger charge is 2.32. The van der Waals surface area contributed by atoms with Gasteiger partial charge in [-0.25, -0.2) is 0 Å². The average Bonchev–Trinajstić information content (AvgIpc) is 2.36. The van der Waals surface area contributed by atoms with Gasteiger partial charge in [-0.3, -0.25) is 4.79 Å². The van der Waals surface area contributed by atoms with Crippen molar-refractivity contribution in [2.75, 3.05) is 32.1 Å². The number of methoxy groups -OCH3 is 1. The first-order valence-electron chi connectivity index (χ1n) is 6.02. The van der Waals surface area contributed by atoms with Crippen molar-refractivity contribution < 1.29 is 22.7 Å². The predicted octanol–water partition coefficient (Wildman–Crippen LogP) is 2.19. The molecular formula is C13H17F3N2O2. The van der Waals surface area contributed by atoms with E-state index in [0.717, 1.165) is 6.07 Å². The summed E-state index contributed by atoms with van der Waals surface area (Å²) in [7, 11) is 1.53. The Morgan fingerprint density at radius 2 is 2.05 bits per heavy atom. The molecule has 7 heteroatoms. The van der Waals surface area contributed by atoms with Crippen molar-refractivity contribution in [3.05, 3.63) is 29.3 Å². The highest BCUT2D eigenvalue weighted by atomic mass is 19.4. The fourth-order valence-corrected chi connectivity index (χ4v) is 1.59. The minimum absolute atomic E-state index is 0.0125. The van der Waals surface area contributed by atoms with Crippen molar-refractivity contribution in [2.45, 2.75) is 13.1 Å². The van der Waals surface area contributed by atoms with Crippen molar-refractivity contribution in [1.82, 2.24) is 5.32 Å². The number of alkyl halides is 3. The van der Waals surface area contributed by atoms with Crippen LogP contribution in [0.5, 0.6) is 0 Å². The maximum absolute atomic E-state index is 12.7. The zero-order valence-corrected chi connectivity index (χ0v) is 11.3. The van der Waals surface area contributed by atoms with Crippen molar-refractivity contribution in [1.29, 1.82) is 0 Å². The Balaban J connectivity index is 2.62. The second-order valence-corrected chi connectivity index (χ2v) is 4.25. The Hall–Kier alpha value is -1.60. The van der Waals surface area contributed by atoms with Gasteiger partial charge in [0.25, 0.3) is 0 Å². The van der Waals surface area contributed by atoms with E-state index in [0.29, 0.717) is 13.2 Å². The van der Waals surface area contributed by atoms with E-state index in [-0.39, 0.29) is 17.8 Å². The summed E-state index contributed by atoms with van der Waals surface area (Å²) in [4.78, 5) is 11.5. The van der Waals surface area contributed by atoms with Gasteiger partial charge in [-0.05, 0) is 24.6 Å². The molecule has 0 saturated heterocycles. The summed E-state index contributed by atoms with van der Waals surface area (Å²) in [5.41, 5.74) is -0.502. The first-order chi connectivity index (χ1) is 9.34. The smallest absolute Gasteiger partial charge is 0.383 e. The highest BCUT2D eigenvalue weighted by molar-refractivity contribution is 5.92. The quantitative estimate of drug-likeness (QED) is 0.790. The van der Waals surface area contributed by atoms with Gasteiger partial charge in [0, 0.05) is 19.3 Å². The third-order valence-electron chi connectivity index (χ3n) is 2.60. The van der Waals surface area contributed by atoms with Crippen LogP contribution in [0.1, 0.15) is 11.1 Å². The van der Waals surface area contributed by atoms with Crippen LogP contribution in [-0.4, -0.2) is 32.7 Å². The Kier molecular flexibility index (Phi) is 5.97. The third kappa shape index (κ3) is 5.18. The van der Waals surface area contributed by atoms with Crippen LogP contribution in [0.15, 0.2) is 18.2 Å². The van der Waals surface area contributed by atoms with Crippen molar-refractivity contribution in [3.63, 3.8) is 0 Å². The molecule has 0 aromatic heterocycles. The summed E-state index contributed by atoms with van der Waals surface area (Å²) in [6, 6.07) is 3.71. The molecule has 0 saturated carbocycles. The number of amides is 1. The van der Waals surface area contributed by atoms with Crippen LogP contribution in [0.25, 0.3) is 0 Å². The Morgan fingerprint density at radius 3 is 2.65 bits per heavy atom. The fraction of sp³-hybridized carbons (Fsp3) is 0.462. The van der Waals surface area contributed by atoms with Gasteiger partial charge in [-0.2, -0.15) is 13.2 Å². The molecule has 2 N–H and O–H groups in total. The second-order valence-electron chi connectivity index (χ2n) is 4.25. The van der Waals surface area contributed by atoms with Crippen LogP contribution < -0.4 is 10.6 Å². The molecule has 4 nitrogen and oxygen atoms in total. The molecule has 0 aliphatic carbocycles. The van der Waals surface area contributed by atoms with Gasteiger partial charge < -0.3 is 15.4 Å². The largest absolute Gasteiger partial charge is 0.416 e. The maximum atomic E-state index is 12.7. The molecule has 0 radical (unpaired) electrons. The fourth-order valence-electron chi connectivity index (χ4n) is 1.59. The van der Waals surface area contributed by atoms with Crippen LogP contribution in [0.2, 0.25) is 0 Å². The lowest BCUT2D eigenvalue weighted by atomic mass is 10.1. The third-order valence-corrected chi connectivity index (χ3v) is 2.60. The minimum atomic E-state index is -4.43. The summed E-state index contributed by atoms with van der Waals surface area (Å²) < 4.78 is 42.9. The van der Waals surface area contributed by atoms with E-state index in [2.05, 4.69) is 10.6 Å². The molecular weight excluding hydrogens is 273 g/mol. The molecule has 0 spiro atoms. The zero-order valence-electron chi connectivity index (χ0n) is 11.3. The summed E-state index contributed by atoms with van der Waals surface area (Å²) in [5, 5.41) is 5.22. The van der Waals surface area contributed by atoms with Gasteiger partial charge in [0.15, 0.2) is 0 Å². The van der Waals surface area contributed by atoms with Crippen molar-refractivity contribution >= 4 is 11.6 Å². The molecule has 1 amide bonds. The molecule has 0 aliphatic rings. The van der Waals surface area contributed by atoms with Gasteiger partial charge in [0.1, 0.15) is 0 Å². The predicted molar refractivity (Wildman–Crippen MR) is 69.6 cm³/mol. The number of aryl methyl sites for hydroxylation is 1. The summed E-state index contributed by atoms with van der Waals surface area (Å²) in [5.74, 6) is -0.405. The molecule has 1 aromatic carbocycles. The number of rotatable bonds is 6. The molecule has 1 aromatic rings. The molecule has 112 valence electrons. The number of benzene rings is 1. The average molecular weight is 290 g/mol. The normalized spacial score (nSPS) is 11.4. The number of halogens is 3. The van der Waals surface area contributed by atoms with E-state index in [1.807, 2.05) is 0 Å². The highest BCUT2D eigenvalue weighted by Crippen LogP contribution is 2.33. The standard InChI is InChI=1S/C13H17F3N2O2/c1-9-3-4-10(7-11(9)13(14,15)16)18-12(19)8-17-5-6-20-2/h3-4,7,17H,5-6,8H2,1-2H3,(H,18,19). The monoisotopic (exact) mass is 290 g/mol. The lowest BCUT2D eigenvalue weighted by molar-refractivity contribution is -0.138. The Bertz CT molecular complexity index is 461. The van der Waals surface area contributed by atoms with Gasteiger partial charge in [0.2, 0.25) is 5.91 Å². The summed E-state index contributed by atoms with van der Waals surface area (Å²) in [6.45, 7) is 2.33. The van der Waals surface area contributed by atoms with E-state index in [1.54, 1.807) is 0 Å². The summed E-state index contributed by atoms with van der Waals surface area (Å²) >= 11 is 0. The summed E-state index contributed by atoms with van der Waals surface area (Å²) in [6.07, 6.45) is -4.43. The minimum Gasteiger partial charge on any atom is -0.383 e. The van der Waals surface area contributed by atoms with Crippen LogP contribution in [0, 0.1) is 6.92 Å². The van der Waals surface area contributed by atoms with Gasteiger partial charge in [0.05, 0.1) is 18.7 Å². The topological polar surface area (TPSA) is 50.4 Å². The van der Waals surface area contributed by atoms with E-state index < -0.39 is 17.6 Å². The van der Waals surface area contributed by atoms with Crippen LogP contribution in [0.3, 0.4) is 0 Å². The SMILES string of the molecule is COCCNCC(=O)Nc1ccc(C)c(C(F)(F)F)c1. The molecule has 0 fully saturated rings. The maximum Gasteiger partial charge on any atom is 0.416 e. The lowest BCUT2D eigenvalue weighted by Gasteiger charge is -2.13. The molecule has 0 aliphatic heterocycles. The number of hydrogen-bond donors (Lipinski definition) is 2. The number of carbonyl (C=O) groups excluding carboxylic acids is 1. The van der Waals surface area contributed by atoms with Gasteiger partial charge in [-0.15, -0.1) is 0 Å². The number of carbonyl (C=O) groups is 1. The number of nitrogens with one attached hydrogen (secondary N) is 2. The number of anilines is 1. The van der Waals surface area contributed by atoms with E-state index in [9.17, 15) is 18.0 Å². The van der Waals surface area contributed by atoms with Crippen molar-refractivity contribution in [2.24, 2.45) is 0 Å². The van der Waals surface area contributed by atoms with Gasteiger partial charge in [-0.1, -0.05) is 6.07 Å². The number of ether oxygens (including phenoxy) is 1. The van der Waals surface area contributed by atoms with Gasteiger partial charge >= 0.3 is 6.18 Å². The zero-order chi connectivity index (χ0) is 15.2. The molecule has 20 heavy (non-hydrogen) atoms.